The van der Waals surface area contributed by atoms with Crippen molar-refractivity contribution in [3.63, 3.8) is 0 Å². The van der Waals surface area contributed by atoms with Gasteiger partial charge in [0, 0.05) is 48.0 Å². The van der Waals surface area contributed by atoms with E-state index in [0.29, 0.717) is 25.7 Å². The Morgan fingerprint density at radius 3 is 2.11 bits per heavy atom. The Morgan fingerprint density at radius 1 is 0.839 bits per heavy atom. The van der Waals surface area contributed by atoms with E-state index < -0.39 is 89.0 Å². The van der Waals surface area contributed by atoms with E-state index in [1.807, 2.05) is 32.1 Å². The summed E-state index contributed by atoms with van der Waals surface area (Å²) >= 11 is 0. The zero-order chi connectivity index (χ0) is 42.3. The summed E-state index contributed by atoms with van der Waals surface area (Å²) in [4.78, 5) is 40.5. The minimum absolute atomic E-state index is 0.168. The van der Waals surface area contributed by atoms with Crippen molar-refractivity contribution >= 4 is 17.5 Å². The molecule has 0 radical (unpaired) electrons. The van der Waals surface area contributed by atoms with E-state index in [-0.39, 0.29) is 35.9 Å². The number of fused-ring (bicyclic) bond motifs is 2. The van der Waals surface area contributed by atoms with Gasteiger partial charge in [0.2, 0.25) is 0 Å². The Hall–Kier alpha value is -2.25. The third-order valence-corrected chi connectivity index (χ3v) is 13.4. The van der Waals surface area contributed by atoms with Crippen LogP contribution in [-0.2, 0) is 28.6 Å². The summed E-state index contributed by atoms with van der Waals surface area (Å²) in [6.45, 7) is 19.1. The van der Waals surface area contributed by atoms with Crippen LogP contribution in [0.3, 0.4) is 0 Å². The van der Waals surface area contributed by atoms with Crippen molar-refractivity contribution in [2.45, 2.75) is 175 Å². The van der Waals surface area contributed by atoms with Crippen LogP contribution in [0.2, 0.25) is 0 Å². The van der Waals surface area contributed by atoms with Gasteiger partial charge in [-0.25, -0.2) is 4.79 Å². The van der Waals surface area contributed by atoms with Crippen LogP contribution in [0, 0.1) is 53.3 Å². The van der Waals surface area contributed by atoms with E-state index in [0.717, 1.165) is 19.3 Å². The van der Waals surface area contributed by atoms with E-state index >= 15 is 0 Å². The van der Waals surface area contributed by atoms with Gasteiger partial charge in [0.25, 0.3) is 0 Å². The van der Waals surface area contributed by atoms with E-state index in [2.05, 4.69) is 19.9 Å². The summed E-state index contributed by atoms with van der Waals surface area (Å²) in [6.07, 6.45) is 9.62. The lowest BCUT2D eigenvalue weighted by molar-refractivity contribution is -0.371. The molecule has 2 saturated heterocycles. The number of carbonyl (C=O) groups excluding carboxylic acids is 3. The summed E-state index contributed by atoms with van der Waals surface area (Å²) in [5.41, 5.74) is -2.18. The fraction of sp³-hybridized carbons (Fsp3) is 0.800. The second-order valence-electron chi connectivity index (χ2n) is 18.0. The smallest absolute Gasteiger partial charge is 0.330 e. The first kappa shape index (κ1) is 48.1. The average molecular weight is 791 g/mol. The Balaban J connectivity index is 1.99. The van der Waals surface area contributed by atoms with Crippen molar-refractivity contribution in [2.75, 3.05) is 0 Å². The molecule has 0 amide bonds. The molecule has 0 aliphatic carbocycles. The second-order valence-corrected chi connectivity index (χ2v) is 18.0. The molecule has 0 aromatic heterocycles. The lowest BCUT2D eigenvalue weighted by Gasteiger charge is -2.55. The van der Waals surface area contributed by atoms with Crippen LogP contribution in [0.25, 0.3) is 0 Å². The highest BCUT2D eigenvalue weighted by Gasteiger charge is 2.56. The molecule has 3 heterocycles. The number of aliphatic hydroxyl groups is 5. The lowest BCUT2D eigenvalue weighted by atomic mass is 9.74. The first-order valence-electron chi connectivity index (χ1n) is 21.2. The molecule has 0 aromatic carbocycles. The molecule has 18 atom stereocenters. The van der Waals surface area contributed by atoms with Gasteiger partial charge in [-0.1, -0.05) is 92.7 Å². The molecule has 11 nitrogen and oxygen atoms in total. The number of hydrogen-bond acceptors (Lipinski definition) is 11. The first-order valence-corrected chi connectivity index (χ1v) is 21.2. The minimum Gasteiger partial charge on any atom is -0.458 e. The standard InChI is InChI=1S/C45H74O11/c1-12-34-17-15-13-14-16-27(4)42(51)44(11,53)43(52)32(9)40(50)31(8)39(49)30(7)38(48)26(3)18-21-37(47)54-41-29(6)35(20-19-34)55-45(33(41)10)23-22-25(2)36(56-45)24-28(5)46/h13-15,17-18,21,25-36,38,40-42,46,48,50-51,53H,12,16,19-20,22-24H2,1-11H3/b14-13+,17-15+,21-18+/t25-,26-,27-,28+,29+,30+,31+,32+,33-,34+,35-,36-,38-,40+,41+,42+,44+,45-/m1/s1. The van der Waals surface area contributed by atoms with Gasteiger partial charge in [-0.3, -0.25) is 9.59 Å². The summed E-state index contributed by atoms with van der Waals surface area (Å²) in [5.74, 6) is -7.28. The number of esters is 1. The summed E-state index contributed by atoms with van der Waals surface area (Å²) in [6, 6.07) is 0. The molecule has 5 N–H and O–H groups in total. The Labute approximate surface area is 336 Å². The molecule has 2 fully saturated rings. The molecule has 0 unspecified atom stereocenters. The van der Waals surface area contributed by atoms with E-state index in [1.54, 1.807) is 20.8 Å². The van der Waals surface area contributed by atoms with Gasteiger partial charge < -0.3 is 39.7 Å². The number of allylic oxidation sites excluding steroid dienone is 4. The second kappa shape index (κ2) is 20.6. The molecule has 3 aliphatic heterocycles. The highest BCUT2D eigenvalue weighted by molar-refractivity contribution is 5.91. The van der Waals surface area contributed by atoms with Crippen LogP contribution in [0.1, 0.15) is 121 Å². The van der Waals surface area contributed by atoms with Gasteiger partial charge in [-0.05, 0) is 70.1 Å². The van der Waals surface area contributed by atoms with Crippen molar-refractivity contribution in [3.05, 3.63) is 36.5 Å². The van der Waals surface area contributed by atoms with Crippen molar-refractivity contribution in [2.24, 2.45) is 53.3 Å². The Bertz CT molecular complexity index is 1390. The van der Waals surface area contributed by atoms with Gasteiger partial charge in [0.15, 0.2) is 11.6 Å². The zero-order valence-corrected chi connectivity index (χ0v) is 35.8. The molecular weight excluding hydrogens is 716 g/mol. The van der Waals surface area contributed by atoms with Crippen molar-refractivity contribution in [1.29, 1.82) is 0 Å². The van der Waals surface area contributed by atoms with Gasteiger partial charge >= 0.3 is 5.97 Å². The third kappa shape index (κ3) is 11.5. The summed E-state index contributed by atoms with van der Waals surface area (Å²) in [7, 11) is 0. The number of rotatable bonds is 3. The molecule has 0 aromatic rings. The van der Waals surface area contributed by atoms with E-state index in [9.17, 15) is 39.9 Å². The number of ketones is 2. The summed E-state index contributed by atoms with van der Waals surface area (Å²) < 4.78 is 20.0. The maximum Gasteiger partial charge on any atom is 0.330 e. The summed E-state index contributed by atoms with van der Waals surface area (Å²) in [5, 5.41) is 55.0. The van der Waals surface area contributed by atoms with Crippen LogP contribution < -0.4 is 0 Å². The molecule has 3 rings (SSSR count). The maximum atomic E-state index is 13.5. The average Bonchev–Trinajstić information content (AvgIpc) is 3.16. The number of ether oxygens (including phenoxy) is 3. The van der Waals surface area contributed by atoms with Gasteiger partial charge in [-0.2, -0.15) is 0 Å². The van der Waals surface area contributed by atoms with Crippen molar-refractivity contribution in [3.8, 4) is 0 Å². The highest BCUT2D eigenvalue weighted by atomic mass is 16.7. The normalized spacial score (nSPS) is 46.8. The number of Topliss-reactive ketones (excluding diaryl/α,β-unsaturated/α-hetero) is 2. The third-order valence-electron chi connectivity index (χ3n) is 13.4. The minimum atomic E-state index is -2.18. The fourth-order valence-electron chi connectivity index (χ4n) is 9.01. The number of carbonyl (C=O) groups is 3. The van der Waals surface area contributed by atoms with Crippen LogP contribution in [0.15, 0.2) is 36.5 Å². The van der Waals surface area contributed by atoms with Crippen molar-refractivity contribution < 1.29 is 54.1 Å². The fourth-order valence-corrected chi connectivity index (χ4v) is 9.01. The molecule has 2 bridgehead atoms. The topological polar surface area (TPSA) is 180 Å². The predicted molar refractivity (Wildman–Crippen MR) is 215 cm³/mol. The molecule has 1 spiro atoms. The lowest BCUT2D eigenvalue weighted by Crippen LogP contribution is -2.62. The molecular formula is C45H74O11. The Morgan fingerprint density at radius 2 is 1.48 bits per heavy atom. The van der Waals surface area contributed by atoms with Crippen LogP contribution >= 0.6 is 0 Å². The monoisotopic (exact) mass is 791 g/mol. The van der Waals surface area contributed by atoms with Crippen LogP contribution in [0.5, 0.6) is 0 Å². The van der Waals surface area contributed by atoms with Gasteiger partial charge in [-0.15, -0.1) is 0 Å². The van der Waals surface area contributed by atoms with E-state index in [4.69, 9.17) is 14.2 Å². The molecule has 11 heteroatoms. The van der Waals surface area contributed by atoms with Crippen LogP contribution in [0.4, 0.5) is 0 Å². The largest absolute Gasteiger partial charge is 0.458 e. The van der Waals surface area contributed by atoms with Gasteiger partial charge in [0.05, 0.1) is 36.6 Å². The molecule has 320 valence electrons. The molecule has 0 saturated carbocycles. The van der Waals surface area contributed by atoms with Crippen molar-refractivity contribution in [1.82, 2.24) is 0 Å². The number of hydrogen-bond donors (Lipinski definition) is 5. The maximum absolute atomic E-state index is 13.5. The SMILES string of the molecule is CC[C@H]1/C=C/C=C/C[C@@H](C)[C@H](O)[C@](C)(O)C(=O)[C@@H](C)[C@@H](O)[C@@H](C)C(=O)[C@@H](C)[C@H](O)[C@H](C)/C=C/C(=O)O[C@H]2[C@@H](C)[C@@H](CC1)O[C@@]1(CC[C@@H](C)[C@@H](C[C@H](C)O)O1)[C@@H]2C. The van der Waals surface area contributed by atoms with Gasteiger partial charge in [0.1, 0.15) is 17.5 Å². The first-order chi connectivity index (χ1) is 26.1. The predicted octanol–water partition coefficient (Wildman–Crippen LogP) is 5.88. The van der Waals surface area contributed by atoms with E-state index in [1.165, 1.54) is 39.8 Å². The molecule has 3 aliphatic rings. The highest BCUT2D eigenvalue weighted by Crippen LogP contribution is 2.49. The van der Waals surface area contributed by atoms with Crippen LogP contribution in [-0.4, -0.2) is 97.2 Å². The Kier molecular flexibility index (Phi) is 17.7. The quantitative estimate of drug-likeness (QED) is 0.216. The number of aliphatic hydroxyl groups excluding tert-OH is 4. The zero-order valence-electron chi connectivity index (χ0n) is 35.8. The molecule has 56 heavy (non-hydrogen) atoms.